The second kappa shape index (κ2) is 15.1. The van der Waals surface area contributed by atoms with Crippen molar-refractivity contribution in [3.8, 4) is 5.75 Å². The van der Waals surface area contributed by atoms with Crippen molar-refractivity contribution in [3.63, 3.8) is 0 Å². The van der Waals surface area contributed by atoms with Crippen LogP contribution >= 0.6 is 0 Å². The molecule has 0 aliphatic rings. The van der Waals surface area contributed by atoms with Crippen LogP contribution in [0.5, 0.6) is 5.75 Å². The van der Waals surface area contributed by atoms with Crippen LogP contribution in [0.25, 0.3) is 21.5 Å². The van der Waals surface area contributed by atoms with Crippen LogP contribution in [0.3, 0.4) is 0 Å². The fraction of sp³-hybridized carbons (Fsp3) is 0.200. The third kappa shape index (κ3) is 10.6. The standard InChI is InChI=1S/2C10H9.C8H10O.C2H6Si.ClH.Zr/c2*1-8-6-9-4-2-3-5-10(9)7-8;1-6-3-4-8(9)7(2)5-6;1-3-2;;/h2*2-7H,1H3;3-5,9H,1-2H3;1-2H3;1H;/q2*-1;;;;+2/p-2. The number of benzene rings is 3. The Morgan fingerprint density at radius 2 is 1.09 bits per heavy atom. The summed E-state index contributed by atoms with van der Waals surface area (Å²) < 4.78 is 0. The molecule has 0 aliphatic heterocycles. The van der Waals surface area contributed by atoms with Crippen molar-refractivity contribution in [1.82, 2.24) is 0 Å². The Labute approximate surface area is 226 Å². The molecule has 0 saturated carbocycles. The van der Waals surface area contributed by atoms with Gasteiger partial charge in [-0.3, -0.25) is 0 Å². The molecule has 0 unspecified atom stereocenters. The summed E-state index contributed by atoms with van der Waals surface area (Å²) >= 11 is 1.74. The Kier molecular flexibility index (Phi) is 13.4. The van der Waals surface area contributed by atoms with Crippen molar-refractivity contribution < 1.29 is 40.8 Å². The van der Waals surface area contributed by atoms with Crippen molar-refractivity contribution in [2.45, 2.75) is 40.8 Å². The van der Waals surface area contributed by atoms with Gasteiger partial charge in [-0.2, -0.15) is 12.1 Å². The van der Waals surface area contributed by atoms with Crippen LogP contribution in [0.1, 0.15) is 22.3 Å². The zero-order chi connectivity index (χ0) is 24.4. The number of halogens is 1. The smallest absolute Gasteiger partial charge is 0.0398 e. The minimum Gasteiger partial charge on any atom is -1.00 e. The van der Waals surface area contributed by atoms with Crippen molar-refractivity contribution in [2.75, 3.05) is 0 Å². The van der Waals surface area contributed by atoms with Crippen molar-refractivity contribution in [2.24, 2.45) is 0 Å². The second-order valence-corrected chi connectivity index (χ2v) is 18.0. The quantitative estimate of drug-likeness (QED) is 0.194. The number of hydrogen-bond acceptors (Lipinski definition) is 1. The van der Waals surface area contributed by atoms with Gasteiger partial charge in [0.25, 0.3) is 0 Å². The molecule has 0 saturated heterocycles. The van der Waals surface area contributed by atoms with Crippen LogP contribution in [0.15, 0.2) is 91.0 Å². The van der Waals surface area contributed by atoms with Crippen molar-refractivity contribution in [3.05, 3.63) is 113 Å². The van der Waals surface area contributed by atoms with E-state index in [-0.39, 0.29) is 23.6 Å². The van der Waals surface area contributed by atoms with Gasteiger partial charge in [0.1, 0.15) is 0 Å². The van der Waals surface area contributed by atoms with Gasteiger partial charge in [-0.05, 0) is 13.8 Å². The van der Waals surface area contributed by atoms with E-state index >= 15 is 0 Å². The molecular formula is C30H33ClOSiZr-2. The summed E-state index contributed by atoms with van der Waals surface area (Å²) in [4.78, 5) is 0. The molecular weight excluding hydrogens is 531 g/mol. The fourth-order valence-electron chi connectivity index (χ4n) is 3.41. The number of aryl methyl sites for hydroxylation is 4. The Bertz CT molecular complexity index is 1170. The van der Waals surface area contributed by atoms with E-state index in [0.717, 1.165) is 11.1 Å². The maximum Gasteiger partial charge on any atom is -0.0398 e. The Balaban J connectivity index is 0.000000234. The van der Waals surface area contributed by atoms with Gasteiger partial charge in [0.05, 0.1) is 0 Å². The summed E-state index contributed by atoms with van der Waals surface area (Å²) in [6.45, 7) is 12.7. The van der Waals surface area contributed by atoms with Crippen LogP contribution in [0.4, 0.5) is 0 Å². The monoisotopic (exact) mass is 562 g/mol. The van der Waals surface area contributed by atoms with E-state index in [9.17, 15) is 5.11 Å². The van der Waals surface area contributed by atoms with Gasteiger partial charge in [-0.25, -0.2) is 0 Å². The predicted molar refractivity (Wildman–Crippen MR) is 141 cm³/mol. The molecule has 0 N–H and O–H groups in total. The molecule has 0 spiro atoms. The van der Waals surface area contributed by atoms with Gasteiger partial charge in [0.15, 0.2) is 0 Å². The molecule has 1 nitrogen and oxygen atoms in total. The number of hydrogen-bond donors (Lipinski definition) is 0. The predicted octanol–water partition coefficient (Wildman–Crippen LogP) is 4.90. The van der Waals surface area contributed by atoms with Gasteiger partial charge in [0, 0.05) is 0 Å². The van der Waals surface area contributed by atoms with E-state index in [1.807, 2.05) is 26.0 Å². The van der Waals surface area contributed by atoms with Crippen LogP contribution in [0, 0.1) is 27.7 Å². The molecule has 0 aliphatic carbocycles. The largest absolute Gasteiger partial charge is 1.00 e. The summed E-state index contributed by atoms with van der Waals surface area (Å²) in [7, 11) is 0. The van der Waals surface area contributed by atoms with Gasteiger partial charge < -0.3 is 17.5 Å². The molecule has 0 atom stereocenters. The van der Waals surface area contributed by atoms with Crippen LogP contribution < -0.4 is 17.5 Å². The summed E-state index contributed by atoms with van der Waals surface area (Å²) in [6, 6.07) is 31.0. The average molecular weight is 564 g/mol. The van der Waals surface area contributed by atoms with Gasteiger partial charge in [-0.15, -0.1) is 87.0 Å². The third-order valence-corrected chi connectivity index (χ3v) is 4.86. The summed E-state index contributed by atoms with van der Waals surface area (Å²) in [6.07, 6.45) is 0. The normalized spacial score (nSPS) is 9.53. The minimum atomic E-state index is 0. The van der Waals surface area contributed by atoms with E-state index in [1.165, 1.54) is 32.7 Å². The molecule has 0 amide bonds. The summed E-state index contributed by atoms with van der Waals surface area (Å²) in [5.41, 5.74) is 4.88. The Hall–Kier alpha value is -1.93. The molecule has 34 heavy (non-hydrogen) atoms. The summed E-state index contributed by atoms with van der Waals surface area (Å²) in [5, 5.41) is 16.2. The molecule has 0 heterocycles. The molecule has 4 heteroatoms. The first kappa shape index (κ1) is 30.1. The van der Waals surface area contributed by atoms with Gasteiger partial charge >= 0.3 is 41.9 Å². The minimum absolute atomic E-state index is 0. The van der Waals surface area contributed by atoms with Crippen molar-refractivity contribution in [1.29, 1.82) is 0 Å². The second-order valence-electron chi connectivity index (χ2n) is 8.59. The van der Waals surface area contributed by atoms with Crippen LogP contribution in [-0.4, -0.2) is 5.43 Å². The third-order valence-electron chi connectivity index (χ3n) is 4.86. The molecule has 0 aromatic heterocycles. The molecule has 0 radical (unpaired) electrons. The number of fused-ring (bicyclic) bond motifs is 2. The van der Waals surface area contributed by atoms with E-state index < -0.39 is 0 Å². The SMILES string of the molecule is C[Si](C)=[Zr+2].Cc1cc2ccccc2[cH-]1.Cc1cc2ccccc2[cH-]1.Cc1ccc([O-])c(C)c1.[Cl-]. The van der Waals surface area contributed by atoms with E-state index in [0.29, 0.717) is 0 Å². The van der Waals surface area contributed by atoms with Crippen molar-refractivity contribution >= 4 is 27.0 Å². The molecule has 0 fully saturated rings. The molecule has 176 valence electrons. The maximum absolute atomic E-state index is 10.8. The molecule has 5 aromatic rings. The van der Waals surface area contributed by atoms with Gasteiger partial charge in [-0.1, -0.05) is 55.3 Å². The van der Waals surface area contributed by atoms with E-state index in [4.69, 9.17) is 0 Å². The first-order chi connectivity index (χ1) is 15.7. The first-order valence-corrected chi connectivity index (χ1v) is 17.3. The molecule has 5 aromatic carbocycles. The topological polar surface area (TPSA) is 23.1 Å². The molecule has 0 bridgehead atoms. The fourth-order valence-corrected chi connectivity index (χ4v) is 3.41. The Morgan fingerprint density at radius 1 is 0.676 bits per heavy atom. The molecule has 5 rings (SSSR count). The average Bonchev–Trinajstić information content (AvgIpc) is 3.32. The first-order valence-electron chi connectivity index (χ1n) is 11.2. The van der Waals surface area contributed by atoms with Crippen LogP contribution in [-0.2, 0) is 23.3 Å². The van der Waals surface area contributed by atoms with E-state index in [2.05, 4.69) is 99.7 Å². The number of rotatable bonds is 0. The summed E-state index contributed by atoms with van der Waals surface area (Å²) in [5.74, 6) is 0.126. The van der Waals surface area contributed by atoms with Crippen LogP contribution in [0.2, 0.25) is 13.1 Å². The zero-order valence-corrected chi connectivity index (χ0v) is 25.2. The van der Waals surface area contributed by atoms with E-state index in [1.54, 1.807) is 29.4 Å². The maximum atomic E-state index is 10.8. The zero-order valence-electron chi connectivity index (χ0n) is 20.9. The Morgan fingerprint density at radius 3 is 1.44 bits per heavy atom. The van der Waals surface area contributed by atoms with Gasteiger partial charge in [0.2, 0.25) is 0 Å².